The van der Waals surface area contributed by atoms with E-state index in [2.05, 4.69) is 46.5 Å². The number of nitrogens with zero attached hydrogens (tertiary/aromatic N) is 2. The lowest BCUT2D eigenvalue weighted by molar-refractivity contribution is 0.203. The van der Waals surface area contributed by atoms with E-state index in [-0.39, 0.29) is 11.9 Å². The van der Waals surface area contributed by atoms with Crippen molar-refractivity contribution >= 4 is 5.84 Å². The molecule has 0 aliphatic carbocycles. The lowest BCUT2D eigenvalue weighted by atomic mass is 10.0. The summed E-state index contributed by atoms with van der Waals surface area (Å²) in [7, 11) is 0. The quantitative estimate of drug-likeness (QED) is 0.392. The van der Waals surface area contributed by atoms with Crippen LogP contribution in [0.25, 0.3) is 0 Å². The van der Waals surface area contributed by atoms with Gasteiger partial charge in [-0.2, -0.15) is 0 Å². The maximum Gasteiger partial charge on any atom is 0.141 e. The van der Waals surface area contributed by atoms with E-state index < -0.39 is 0 Å². The van der Waals surface area contributed by atoms with Crippen LogP contribution in [-0.2, 0) is 13.1 Å². The number of nitrogens with two attached hydrogens (primary N) is 1. The molecule has 0 saturated heterocycles. The fourth-order valence-electron chi connectivity index (χ4n) is 2.95. The molecule has 4 heteroatoms. The van der Waals surface area contributed by atoms with Crippen LogP contribution in [0, 0.1) is 0 Å². The zero-order chi connectivity index (χ0) is 14.7. The van der Waals surface area contributed by atoms with Gasteiger partial charge in [-0.25, -0.2) is 0 Å². The molecule has 0 saturated carbocycles. The zero-order valence-corrected chi connectivity index (χ0v) is 11.8. The van der Waals surface area contributed by atoms with Crippen molar-refractivity contribution in [2.24, 2.45) is 10.9 Å². The highest BCUT2D eigenvalue weighted by molar-refractivity contribution is 5.80. The highest BCUT2D eigenvalue weighted by Crippen LogP contribution is 2.33. The first-order valence-electron chi connectivity index (χ1n) is 7.10. The van der Waals surface area contributed by atoms with Crippen LogP contribution in [0.5, 0.6) is 0 Å². The summed E-state index contributed by atoms with van der Waals surface area (Å²) in [5, 5.41) is 12.0. The molecular formula is C17H19N3O. The average Bonchev–Trinajstić information content (AvgIpc) is 2.96. The minimum Gasteiger partial charge on any atom is -0.409 e. The first-order valence-corrected chi connectivity index (χ1v) is 7.10. The molecule has 2 aromatic rings. The summed E-state index contributed by atoms with van der Waals surface area (Å²) in [5.74, 6) is 0.264. The largest absolute Gasteiger partial charge is 0.409 e. The molecule has 3 N–H and O–H groups in total. The van der Waals surface area contributed by atoms with Crippen LogP contribution in [0.15, 0.2) is 59.8 Å². The predicted molar refractivity (Wildman–Crippen MR) is 82.9 cm³/mol. The van der Waals surface area contributed by atoms with E-state index in [0.717, 1.165) is 13.1 Å². The number of oxime groups is 1. The molecule has 21 heavy (non-hydrogen) atoms. The molecule has 0 spiro atoms. The Labute approximate surface area is 124 Å². The lowest BCUT2D eigenvalue weighted by Crippen LogP contribution is -2.28. The van der Waals surface area contributed by atoms with Crippen molar-refractivity contribution in [3.8, 4) is 0 Å². The van der Waals surface area contributed by atoms with Crippen LogP contribution in [-0.4, -0.2) is 15.9 Å². The zero-order valence-electron chi connectivity index (χ0n) is 11.8. The maximum atomic E-state index is 8.89. The number of hydrogen-bond acceptors (Lipinski definition) is 3. The molecule has 0 fully saturated rings. The van der Waals surface area contributed by atoms with Gasteiger partial charge in [0, 0.05) is 25.6 Å². The van der Waals surface area contributed by atoms with Crippen molar-refractivity contribution in [3.63, 3.8) is 0 Å². The van der Waals surface area contributed by atoms with Crippen LogP contribution in [0.4, 0.5) is 0 Å². The summed E-state index contributed by atoms with van der Waals surface area (Å²) in [6, 6.07) is 18.8. The summed E-state index contributed by atoms with van der Waals surface area (Å²) < 4.78 is 0. The van der Waals surface area contributed by atoms with Gasteiger partial charge in [0.2, 0.25) is 0 Å². The predicted octanol–water partition coefficient (Wildman–Crippen LogP) is 2.88. The summed E-state index contributed by atoms with van der Waals surface area (Å²) in [5.41, 5.74) is 9.67. The summed E-state index contributed by atoms with van der Waals surface area (Å²) >= 11 is 0. The molecular weight excluding hydrogens is 262 g/mol. The summed E-state index contributed by atoms with van der Waals surface area (Å²) in [4.78, 5) is 2.37. The maximum absolute atomic E-state index is 8.89. The van der Waals surface area contributed by atoms with Crippen molar-refractivity contribution in [1.82, 2.24) is 4.90 Å². The Morgan fingerprint density at radius 2 is 1.62 bits per heavy atom. The van der Waals surface area contributed by atoms with E-state index in [1.807, 2.05) is 18.2 Å². The topological polar surface area (TPSA) is 61.8 Å². The molecule has 1 unspecified atom stereocenters. The fraction of sp³-hybridized carbons (Fsp3) is 0.235. The standard InChI is InChI=1S/C17H19N3O/c18-17(19-21)10-16(13-6-2-1-3-7-13)20-11-14-8-4-5-9-15(14)12-20/h1-9,16,21H,10-12H2,(H2,18,19). The molecule has 1 heterocycles. The first-order chi connectivity index (χ1) is 10.3. The van der Waals surface area contributed by atoms with Gasteiger partial charge in [0.1, 0.15) is 5.84 Å². The van der Waals surface area contributed by atoms with E-state index in [4.69, 9.17) is 10.9 Å². The number of amidine groups is 1. The molecule has 0 radical (unpaired) electrons. The van der Waals surface area contributed by atoms with Gasteiger partial charge in [0.25, 0.3) is 0 Å². The molecule has 3 rings (SSSR count). The number of fused-ring (bicyclic) bond motifs is 1. The van der Waals surface area contributed by atoms with Crippen LogP contribution in [0.3, 0.4) is 0 Å². The third-order valence-corrected chi connectivity index (χ3v) is 4.02. The Hall–Kier alpha value is -2.33. The molecule has 2 aromatic carbocycles. The van der Waals surface area contributed by atoms with E-state index in [0.29, 0.717) is 6.42 Å². The molecule has 0 bridgehead atoms. The minimum absolute atomic E-state index is 0.120. The smallest absolute Gasteiger partial charge is 0.141 e. The van der Waals surface area contributed by atoms with Crippen LogP contribution < -0.4 is 5.73 Å². The summed E-state index contributed by atoms with van der Waals surface area (Å²) in [6.07, 6.45) is 0.522. The second-order valence-electron chi connectivity index (χ2n) is 5.40. The Morgan fingerprint density at radius 1 is 1.05 bits per heavy atom. The third kappa shape index (κ3) is 2.90. The Balaban J connectivity index is 1.87. The fourth-order valence-corrected chi connectivity index (χ4v) is 2.95. The van der Waals surface area contributed by atoms with Crippen molar-refractivity contribution in [2.75, 3.05) is 0 Å². The monoisotopic (exact) mass is 281 g/mol. The number of hydrogen-bond donors (Lipinski definition) is 2. The first kappa shape index (κ1) is 13.6. The second kappa shape index (κ2) is 5.97. The highest BCUT2D eigenvalue weighted by Gasteiger charge is 2.27. The van der Waals surface area contributed by atoms with Gasteiger partial charge in [-0.05, 0) is 16.7 Å². The Kier molecular flexibility index (Phi) is 3.88. The van der Waals surface area contributed by atoms with Gasteiger partial charge < -0.3 is 10.9 Å². The van der Waals surface area contributed by atoms with E-state index >= 15 is 0 Å². The SMILES string of the molecule is NC(CC(c1ccccc1)N1Cc2ccccc2C1)=NO. The molecule has 4 nitrogen and oxygen atoms in total. The van der Waals surface area contributed by atoms with Gasteiger partial charge in [-0.3, -0.25) is 4.90 Å². The average molecular weight is 281 g/mol. The van der Waals surface area contributed by atoms with E-state index in [9.17, 15) is 0 Å². The Bertz CT molecular complexity index is 614. The lowest BCUT2D eigenvalue weighted by Gasteiger charge is -2.27. The normalized spacial score (nSPS) is 16.7. The molecule has 0 amide bonds. The van der Waals surface area contributed by atoms with E-state index in [1.54, 1.807) is 0 Å². The molecule has 108 valence electrons. The van der Waals surface area contributed by atoms with Crippen molar-refractivity contribution < 1.29 is 5.21 Å². The molecule has 0 aromatic heterocycles. The summed E-state index contributed by atoms with van der Waals surface area (Å²) in [6.45, 7) is 1.79. The van der Waals surface area contributed by atoms with Crippen LogP contribution >= 0.6 is 0 Å². The van der Waals surface area contributed by atoms with Gasteiger partial charge >= 0.3 is 0 Å². The highest BCUT2D eigenvalue weighted by atomic mass is 16.4. The number of benzene rings is 2. The molecule has 1 aliphatic heterocycles. The third-order valence-electron chi connectivity index (χ3n) is 4.02. The second-order valence-corrected chi connectivity index (χ2v) is 5.40. The minimum atomic E-state index is 0.120. The van der Waals surface area contributed by atoms with Gasteiger partial charge in [-0.15, -0.1) is 0 Å². The van der Waals surface area contributed by atoms with Gasteiger partial charge in [0.15, 0.2) is 0 Å². The van der Waals surface area contributed by atoms with Crippen LogP contribution in [0.1, 0.15) is 29.2 Å². The van der Waals surface area contributed by atoms with Crippen molar-refractivity contribution in [1.29, 1.82) is 0 Å². The van der Waals surface area contributed by atoms with Gasteiger partial charge in [-0.1, -0.05) is 59.8 Å². The molecule has 1 aliphatic rings. The van der Waals surface area contributed by atoms with Crippen molar-refractivity contribution in [3.05, 3.63) is 71.3 Å². The van der Waals surface area contributed by atoms with E-state index in [1.165, 1.54) is 16.7 Å². The van der Waals surface area contributed by atoms with Crippen LogP contribution in [0.2, 0.25) is 0 Å². The molecule has 1 atom stereocenters. The Morgan fingerprint density at radius 3 is 2.19 bits per heavy atom. The van der Waals surface area contributed by atoms with Crippen molar-refractivity contribution in [2.45, 2.75) is 25.6 Å². The van der Waals surface area contributed by atoms with Gasteiger partial charge in [0.05, 0.1) is 0 Å². The number of rotatable bonds is 4.